The fourth-order valence-corrected chi connectivity index (χ4v) is 3.04. The van der Waals surface area contributed by atoms with E-state index in [1.165, 1.54) is 48.8 Å². The summed E-state index contributed by atoms with van der Waals surface area (Å²) in [4.78, 5) is 0. The summed E-state index contributed by atoms with van der Waals surface area (Å²) in [6.07, 6.45) is 9.10. The number of allylic oxidation sites excluding steroid dienone is 2. The van der Waals surface area contributed by atoms with Crippen LogP contribution in [0.5, 0.6) is 0 Å². The molecule has 0 aromatic heterocycles. The second-order valence-electron chi connectivity index (χ2n) is 5.65. The van der Waals surface area contributed by atoms with E-state index in [-0.39, 0.29) is 52.1 Å². The third kappa shape index (κ3) is 4.90. The molecular formula is C15H24Cl2NTi. The Balaban J connectivity index is 0. The van der Waals surface area contributed by atoms with Crippen molar-refractivity contribution in [1.29, 1.82) is 0 Å². The van der Waals surface area contributed by atoms with Crippen molar-refractivity contribution >= 4 is 0 Å². The Morgan fingerprint density at radius 3 is 2.00 bits per heavy atom. The van der Waals surface area contributed by atoms with E-state index in [2.05, 4.69) is 33.8 Å². The first-order valence-electron chi connectivity index (χ1n) is 6.63. The summed E-state index contributed by atoms with van der Waals surface area (Å²) >= 11 is 0. The van der Waals surface area contributed by atoms with Crippen LogP contribution >= 0.6 is 0 Å². The zero-order valence-corrected chi connectivity index (χ0v) is 15.5. The van der Waals surface area contributed by atoms with Gasteiger partial charge in [-0.15, -0.1) is 6.04 Å². The second kappa shape index (κ2) is 8.90. The van der Waals surface area contributed by atoms with Gasteiger partial charge in [0, 0.05) is 0 Å². The van der Waals surface area contributed by atoms with E-state index in [0.29, 0.717) is 6.04 Å². The molecule has 2 aliphatic rings. The van der Waals surface area contributed by atoms with Gasteiger partial charge in [-0.2, -0.15) is 0 Å². The molecule has 1 unspecified atom stereocenters. The summed E-state index contributed by atoms with van der Waals surface area (Å²) in [6, 6.07) is 0.601. The van der Waals surface area contributed by atoms with Gasteiger partial charge in [0.25, 0.3) is 0 Å². The van der Waals surface area contributed by atoms with Crippen molar-refractivity contribution in [2.24, 2.45) is 0 Å². The third-order valence-corrected chi connectivity index (χ3v) is 4.44. The van der Waals surface area contributed by atoms with Crippen molar-refractivity contribution in [3.63, 3.8) is 0 Å². The summed E-state index contributed by atoms with van der Waals surface area (Å²) in [6.45, 7) is 8.95. The fraction of sp³-hybridized carbons (Fsp3) is 0.733. The van der Waals surface area contributed by atoms with Gasteiger partial charge in [-0.1, -0.05) is 67.4 Å². The summed E-state index contributed by atoms with van der Waals surface area (Å²) in [5.41, 5.74) is 4.31. The van der Waals surface area contributed by atoms with E-state index in [4.69, 9.17) is 5.32 Å². The van der Waals surface area contributed by atoms with Crippen LogP contribution in [0.25, 0.3) is 5.32 Å². The molecule has 1 saturated carbocycles. The molecule has 0 heterocycles. The van der Waals surface area contributed by atoms with Crippen LogP contribution < -0.4 is 24.8 Å². The minimum absolute atomic E-state index is 0. The van der Waals surface area contributed by atoms with Crippen molar-refractivity contribution in [3.05, 3.63) is 28.1 Å². The van der Waals surface area contributed by atoms with Gasteiger partial charge in [-0.25, -0.2) is 0 Å². The van der Waals surface area contributed by atoms with Crippen LogP contribution in [-0.2, 0) is 21.7 Å². The molecule has 1 nitrogen and oxygen atoms in total. The monoisotopic (exact) mass is 336 g/mol. The molecule has 0 bridgehead atoms. The number of halogens is 2. The number of hydrogen-bond acceptors (Lipinski definition) is 0. The van der Waals surface area contributed by atoms with E-state index >= 15 is 0 Å². The maximum Gasteiger partial charge on any atom is 3.00 e. The summed E-state index contributed by atoms with van der Waals surface area (Å²) in [5.74, 6) is 0. The van der Waals surface area contributed by atoms with E-state index in [1.807, 2.05) is 0 Å². The van der Waals surface area contributed by atoms with Crippen molar-refractivity contribution in [3.8, 4) is 0 Å². The maximum absolute atomic E-state index is 5.11. The maximum atomic E-state index is 5.11. The molecule has 19 heavy (non-hydrogen) atoms. The quantitative estimate of drug-likeness (QED) is 0.560. The third-order valence-electron chi connectivity index (χ3n) is 4.44. The zero-order chi connectivity index (χ0) is 11.8. The van der Waals surface area contributed by atoms with E-state index in [9.17, 15) is 0 Å². The second-order valence-corrected chi connectivity index (χ2v) is 5.65. The Labute approximate surface area is 145 Å². The molecule has 0 aliphatic heterocycles. The van der Waals surface area contributed by atoms with Crippen LogP contribution in [0.15, 0.2) is 22.8 Å². The van der Waals surface area contributed by atoms with Crippen molar-refractivity contribution in [2.45, 2.75) is 71.4 Å². The Morgan fingerprint density at radius 2 is 1.58 bits per heavy atom. The van der Waals surface area contributed by atoms with Crippen LogP contribution in [0.3, 0.4) is 0 Å². The first kappa shape index (κ1) is 22.0. The van der Waals surface area contributed by atoms with Crippen LogP contribution in [0.4, 0.5) is 0 Å². The van der Waals surface area contributed by atoms with Crippen molar-refractivity contribution < 1.29 is 46.5 Å². The smallest absolute Gasteiger partial charge is 1.00 e. The molecule has 4 heteroatoms. The predicted octanol–water partition coefficient (Wildman–Crippen LogP) is -1.25. The molecule has 0 N–H and O–H groups in total. The molecule has 1 atom stereocenters. The van der Waals surface area contributed by atoms with Crippen LogP contribution in [0.2, 0.25) is 0 Å². The number of rotatable bonds is 2. The molecular weight excluding hydrogens is 313 g/mol. The average molecular weight is 337 g/mol. The molecule has 2 rings (SSSR count). The van der Waals surface area contributed by atoms with E-state index < -0.39 is 0 Å². The average Bonchev–Trinajstić information content (AvgIpc) is 2.44. The summed E-state index contributed by atoms with van der Waals surface area (Å²) < 4.78 is 0. The van der Waals surface area contributed by atoms with Crippen LogP contribution in [0.1, 0.15) is 59.8 Å². The fourth-order valence-electron chi connectivity index (χ4n) is 3.04. The molecule has 0 amide bonds. The Hall–Kier alpha value is 0.734. The van der Waals surface area contributed by atoms with Gasteiger partial charge in [0.2, 0.25) is 0 Å². The predicted molar refractivity (Wildman–Crippen MR) is 70.8 cm³/mol. The SMILES string of the molecule is CC1=CC(C)([N-]C2CCCCC2)C(C)=C1C.[Cl-].[Cl-].[Ti+3]. The normalized spacial score (nSPS) is 27.1. The molecule has 1 radical (unpaired) electrons. The largest absolute Gasteiger partial charge is 3.00 e. The summed E-state index contributed by atoms with van der Waals surface area (Å²) in [5, 5.41) is 5.11. The Morgan fingerprint density at radius 1 is 1.05 bits per heavy atom. The van der Waals surface area contributed by atoms with Crippen molar-refractivity contribution in [1.82, 2.24) is 0 Å². The van der Waals surface area contributed by atoms with Gasteiger partial charge < -0.3 is 30.1 Å². The Bertz CT molecular complexity index is 346. The molecule has 0 spiro atoms. The van der Waals surface area contributed by atoms with Gasteiger partial charge in [0.05, 0.1) is 0 Å². The topological polar surface area (TPSA) is 14.1 Å². The minimum atomic E-state index is -0.00380. The van der Waals surface area contributed by atoms with Crippen LogP contribution in [0, 0.1) is 0 Å². The molecule has 0 aromatic rings. The number of nitrogens with zero attached hydrogens (tertiary/aromatic N) is 1. The molecule has 0 aromatic carbocycles. The minimum Gasteiger partial charge on any atom is -1.00 e. The van der Waals surface area contributed by atoms with Gasteiger partial charge in [0.15, 0.2) is 0 Å². The van der Waals surface area contributed by atoms with E-state index in [0.717, 1.165) is 0 Å². The zero-order valence-electron chi connectivity index (χ0n) is 12.4. The molecule has 0 saturated heterocycles. The standard InChI is InChI=1S/C15H24N.2ClH.Ti/c1-11-10-15(4,13(3)12(11)2)16-14-8-6-5-7-9-14;;;/h10,14H,5-9H2,1-4H3;2*1H;/q-1;;;+3/p-2. The number of hydrogen-bond donors (Lipinski definition) is 0. The van der Waals surface area contributed by atoms with Gasteiger partial charge in [-0.3, -0.25) is 0 Å². The first-order valence-corrected chi connectivity index (χ1v) is 6.63. The first-order chi connectivity index (χ1) is 7.53. The molecule has 107 valence electrons. The summed E-state index contributed by atoms with van der Waals surface area (Å²) in [7, 11) is 0. The molecule has 2 aliphatic carbocycles. The van der Waals surface area contributed by atoms with Crippen molar-refractivity contribution in [2.75, 3.05) is 0 Å². The van der Waals surface area contributed by atoms with Gasteiger partial charge in [0.1, 0.15) is 0 Å². The van der Waals surface area contributed by atoms with E-state index in [1.54, 1.807) is 0 Å². The van der Waals surface area contributed by atoms with Gasteiger partial charge >= 0.3 is 21.7 Å². The van der Waals surface area contributed by atoms with Gasteiger partial charge in [-0.05, 0) is 20.8 Å². The molecule has 1 fully saturated rings. The van der Waals surface area contributed by atoms with Crippen LogP contribution in [-0.4, -0.2) is 11.6 Å². The Kier molecular flexibility index (Phi) is 10.3.